The lowest BCUT2D eigenvalue weighted by Crippen LogP contribution is -2.00. The van der Waals surface area contributed by atoms with Gasteiger partial charge in [0, 0.05) is 5.56 Å². The van der Waals surface area contributed by atoms with E-state index in [1.165, 1.54) is 10.8 Å². The highest BCUT2D eigenvalue weighted by Crippen LogP contribution is 2.39. The molecule has 7 heteroatoms. The van der Waals surface area contributed by atoms with Crippen LogP contribution >= 0.6 is 15.9 Å². The molecule has 3 aromatic carbocycles. The maximum atomic E-state index is 6.09. The molecule has 1 N–H and O–H groups in total. The third kappa shape index (κ3) is 3.13. The lowest BCUT2D eigenvalue weighted by molar-refractivity contribution is 0.284. The molecule has 0 saturated heterocycles. The molecule has 1 heterocycles. The molecule has 6 nitrogen and oxygen atoms in total. The maximum Gasteiger partial charge on any atom is 0.204 e. The molecule has 0 aliphatic heterocycles. The van der Waals surface area contributed by atoms with E-state index < -0.39 is 0 Å². The van der Waals surface area contributed by atoms with Crippen molar-refractivity contribution < 1.29 is 9.47 Å². The van der Waals surface area contributed by atoms with Gasteiger partial charge in [0.05, 0.1) is 11.6 Å². The molecule has 0 amide bonds. The van der Waals surface area contributed by atoms with Gasteiger partial charge in [0.2, 0.25) is 5.82 Å². The first-order valence-electron chi connectivity index (χ1n) is 7.97. The summed E-state index contributed by atoms with van der Waals surface area (Å²) in [6.07, 6.45) is 0. The first-order valence-corrected chi connectivity index (χ1v) is 8.76. The minimum absolute atomic E-state index is 0.428. The second-order valence-corrected chi connectivity index (χ2v) is 6.51. The van der Waals surface area contributed by atoms with Gasteiger partial charge < -0.3 is 9.47 Å². The van der Waals surface area contributed by atoms with E-state index in [-0.39, 0.29) is 0 Å². The zero-order chi connectivity index (χ0) is 17.9. The molecule has 0 fully saturated rings. The molecule has 0 aliphatic rings. The number of methoxy groups -OCH3 is 1. The molecule has 0 bridgehead atoms. The third-order valence-corrected chi connectivity index (χ3v) is 4.67. The first-order chi connectivity index (χ1) is 12.8. The Hall–Kier alpha value is -2.93. The summed E-state index contributed by atoms with van der Waals surface area (Å²) in [4.78, 5) is 0. The van der Waals surface area contributed by atoms with E-state index in [1.54, 1.807) is 7.11 Å². The number of nitrogens with zero attached hydrogens (tertiary/aromatic N) is 3. The van der Waals surface area contributed by atoms with Gasteiger partial charge >= 0.3 is 0 Å². The number of rotatable bonds is 5. The van der Waals surface area contributed by atoms with Gasteiger partial charge in [0.1, 0.15) is 6.61 Å². The van der Waals surface area contributed by atoms with Crippen molar-refractivity contribution in [3.63, 3.8) is 0 Å². The normalized spacial score (nSPS) is 10.8. The summed E-state index contributed by atoms with van der Waals surface area (Å²) >= 11 is 3.56. The van der Waals surface area contributed by atoms with E-state index in [1.807, 2.05) is 30.3 Å². The van der Waals surface area contributed by atoms with Crippen molar-refractivity contribution >= 4 is 26.7 Å². The Kier molecular flexibility index (Phi) is 4.53. The summed E-state index contributed by atoms with van der Waals surface area (Å²) in [6.45, 7) is 0.428. The number of aromatic nitrogens is 4. The number of ether oxygens (including phenoxy) is 2. The molecule has 0 aliphatic carbocycles. The Bertz CT molecular complexity index is 1050. The summed E-state index contributed by atoms with van der Waals surface area (Å²) in [5.74, 6) is 1.72. The Morgan fingerprint density at radius 2 is 1.92 bits per heavy atom. The molecule has 0 spiro atoms. The molecular weight excluding hydrogens is 396 g/mol. The Morgan fingerprint density at radius 1 is 1.08 bits per heavy atom. The number of nitrogens with one attached hydrogen (secondary N) is 1. The molecule has 1 aromatic heterocycles. The second-order valence-electron chi connectivity index (χ2n) is 5.65. The summed E-state index contributed by atoms with van der Waals surface area (Å²) < 4.78 is 12.3. The number of benzene rings is 3. The van der Waals surface area contributed by atoms with Crippen LogP contribution in [0.1, 0.15) is 5.56 Å². The van der Waals surface area contributed by atoms with Crippen LogP contribution in [0.3, 0.4) is 0 Å². The SMILES string of the molecule is COc1cc(-c2nn[nH]n2)cc(Br)c1OCc1cccc2ccccc12. The van der Waals surface area contributed by atoms with Crippen molar-refractivity contribution in [3.8, 4) is 22.9 Å². The zero-order valence-electron chi connectivity index (χ0n) is 13.9. The maximum absolute atomic E-state index is 6.09. The molecule has 4 rings (SSSR count). The third-order valence-electron chi connectivity index (χ3n) is 4.08. The lowest BCUT2D eigenvalue weighted by atomic mass is 10.1. The number of hydrogen-bond donors (Lipinski definition) is 1. The van der Waals surface area contributed by atoms with Crippen LogP contribution in [-0.2, 0) is 6.61 Å². The van der Waals surface area contributed by atoms with Crippen LogP contribution in [0.4, 0.5) is 0 Å². The minimum atomic E-state index is 0.428. The van der Waals surface area contributed by atoms with Crippen molar-refractivity contribution in [3.05, 3.63) is 64.6 Å². The summed E-state index contributed by atoms with van der Waals surface area (Å²) in [5.41, 5.74) is 1.89. The number of H-pyrrole nitrogens is 1. The topological polar surface area (TPSA) is 72.9 Å². The van der Waals surface area contributed by atoms with Crippen LogP contribution in [0.2, 0.25) is 0 Å². The molecular formula is C19H15BrN4O2. The van der Waals surface area contributed by atoms with Gasteiger partial charge in [0.15, 0.2) is 11.5 Å². The van der Waals surface area contributed by atoms with Gasteiger partial charge in [-0.25, -0.2) is 0 Å². The predicted octanol–water partition coefficient (Wildman–Crippen LogP) is 4.37. The van der Waals surface area contributed by atoms with Gasteiger partial charge in [0.25, 0.3) is 0 Å². The van der Waals surface area contributed by atoms with Gasteiger partial charge in [-0.3, -0.25) is 0 Å². The fourth-order valence-electron chi connectivity index (χ4n) is 2.84. The van der Waals surface area contributed by atoms with Crippen LogP contribution < -0.4 is 9.47 Å². The zero-order valence-corrected chi connectivity index (χ0v) is 15.5. The predicted molar refractivity (Wildman–Crippen MR) is 102 cm³/mol. The average Bonchev–Trinajstić information content (AvgIpc) is 3.21. The number of hydrogen-bond acceptors (Lipinski definition) is 5. The smallest absolute Gasteiger partial charge is 0.204 e. The van der Waals surface area contributed by atoms with Crippen LogP contribution in [-0.4, -0.2) is 27.7 Å². The second kappa shape index (κ2) is 7.13. The fourth-order valence-corrected chi connectivity index (χ4v) is 3.40. The number of aromatic amines is 1. The van der Waals surface area contributed by atoms with Crippen molar-refractivity contribution in [1.82, 2.24) is 20.6 Å². The molecule has 130 valence electrons. The van der Waals surface area contributed by atoms with E-state index in [2.05, 4.69) is 60.8 Å². The molecule has 26 heavy (non-hydrogen) atoms. The molecule has 0 radical (unpaired) electrons. The number of halogens is 1. The van der Waals surface area contributed by atoms with Crippen LogP contribution in [0.15, 0.2) is 59.1 Å². The highest BCUT2D eigenvalue weighted by atomic mass is 79.9. The lowest BCUT2D eigenvalue weighted by Gasteiger charge is -2.14. The largest absolute Gasteiger partial charge is 0.493 e. The highest BCUT2D eigenvalue weighted by molar-refractivity contribution is 9.10. The van der Waals surface area contributed by atoms with Crippen molar-refractivity contribution in [1.29, 1.82) is 0 Å². The van der Waals surface area contributed by atoms with Gasteiger partial charge in [-0.15, -0.1) is 10.2 Å². The van der Waals surface area contributed by atoms with Crippen LogP contribution in [0.25, 0.3) is 22.2 Å². The van der Waals surface area contributed by atoms with Crippen molar-refractivity contribution in [2.24, 2.45) is 0 Å². The first kappa shape index (κ1) is 16.5. The van der Waals surface area contributed by atoms with E-state index >= 15 is 0 Å². The summed E-state index contributed by atoms with van der Waals surface area (Å²) in [7, 11) is 1.60. The van der Waals surface area contributed by atoms with Gasteiger partial charge in [-0.05, 0) is 49.6 Å². The van der Waals surface area contributed by atoms with Crippen LogP contribution in [0, 0.1) is 0 Å². The Morgan fingerprint density at radius 3 is 2.73 bits per heavy atom. The molecule has 0 saturated carbocycles. The van der Waals surface area contributed by atoms with Crippen molar-refractivity contribution in [2.75, 3.05) is 7.11 Å². The van der Waals surface area contributed by atoms with Crippen LogP contribution in [0.5, 0.6) is 11.5 Å². The minimum Gasteiger partial charge on any atom is -0.493 e. The standard InChI is InChI=1S/C19H15BrN4O2/c1-25-17-10-14(19-21-23-24-22-19)9-16(20)18(17)26-11-13-7-4-6-12-5-2-3-8-15(12)13/h2-10H,11H2,1H3,(H,21,22,23,24). The molecule has 0 atom stereocenters. The van der Waals surface area contributed by atoms with Gasteiger partial charge in [-0.1, -0.05) is 42.5 Å². The van der Waals surface area contributed by atoms with E-state index in [0.717, 1.165) is 15.6 Å². The van der Waals surface area contributed by atoms with Crippen molar-refractivity contribution in [2.45, 2.75) is 6.61 Å². The summed E-state index contributed by atoms with van der Waals surface area (Å²) in [6, 6.07) is 18.2. The van der Waals surface area contributed by atoms with E-state index in [9.17, 15) is 0 Å². The molecule has 4 aromatic rings. The van der Waals surface area contributed by atoms with E-state index in [4.69, 9.17) is 9.47 Å². The fraction of sp³-hybridized carbons (Fsp3) is 0.105. The monoisotopic (exact) mass is 410 g/mol. The average molecular weight is 411 g/mol. The Labute approximate surface area is 158 Å². The molecule has 0 unspecified atom stereocenters. The van der Waals surface area contributed by atoms with Gasteiger partial charge in [-0.2, -0.15) is 5.21 Å². The Balaban J connectivity index is 1.65. The quantitative estimate of drug-likeness (QED) is 0.528. The number of fused-ring (bicyclic) bond motifs is 1. The highest BCUT2D eigenvalue weighted by Gasteiger charge is 2.15. The van der Waals surface area contributed by atoms with E-state index in [0.29, 0.717) is 23.9 Å². The number of tetrazole rings is 1. The summed E-state index contributed by atoms with van der Waals surface area (Å²) in [5, 5.41) is 16.4.